The number of allylic oxidation sites excluding steroid dienone is 26. The van der Waals surface area contributed by atoms with E-state index in [0.29, 0.717) is 19.3 Å². The fraction of sp³-hybridized carbons (Fsp3) is 0.597. The van der Waals surface area contributed by atoms with Gasteiger partial charge in [0, 0.05) is 19.3 Å². The van der Waals surface area contributed by atoms with Crippen LogP contribution in [0.5, 0.6) is 0 Å². The smallest absolute Gasteiger partial charge is 0.306 e. The quantitative estimate of drug-likeness (QED) is 0.0261. The minimum Gasteiger partial charge on any atom is -0.462 e. The van der Waals surface area contributed by atoms with Crippen LogP contribution in [0.25, 0.3) is 0 Å². The van der Waals surface area contributed by atoms with E-state index in [2.05, 4.69) is 179 Å². The molecule has 0 fully saturated rings. The van der Waals surface area contributed by atoms with Gasteiger partial charge in [-0.05, 0) is 141 Å². The molecule has 0 amide bonds. The molecule has 78 heavy (non-hydrogen) atoms. The molecule has 1 atom stereocenters. The molecular formula is C72H114O6. The lowest BCUT2D eigenvalue weighted by atomic mass is 10.1. The summed E-state index contributed by atoms with van der Waals surface area (Å²) < 4.78 is 16.8. The Kier molecular flexibility index (Phi) is 60.4. The molecule has 1 unspecified atom stereocenters. The second kappa shape index (κ2) is 64.6. The first kappa shape index (κ1) is 73.0. The standard InChI is InChI=1S/C72H114O6/c1-4-7-10-13-16-19-22-24-26-27-28-29-30-31-32-33-34-35-36-37-38-39-40-41-42-43-44-45-47-48-50-53-56-59-62-65-71(74)77-68-69(67-76-70(73)64-61-58-55-52-21-18-15-12-9-6-3)78-72(75)66-63-60-57-54-51-49-46-25-23-20-17-14-11-8-5-2/h7-8,10-12,15-17,19-20,24-26,28-29,31-32,34-35,37-38,40-41,43-44,46,69H,4-6,9,13-14,18,21-23,27,30,33,36,39,42,45,47-68H2,1-3H3/b10-7-,11-8-,15-12-,19-16-,20-17-,26-24-,29-28-,32-31-,35-34-,38-37-,41-40-,44-43-,46-25-. The first-order valence-electron chi connectivity index (χ1n) is 31.5. The molecule has 0 heterocycles. The van der Waals surface area contributed by atoms with Crippen molar-refractivity contribution < 1.29 is 28.6 Å². The molecule has 0 aromatic rings. The Morgan fingerprint density at radius 2 is 0.500 bits per heavy atom. The van der Waals surface area contributed by atoms with Gasteiger partial charge >= 0.3 is 17.9 Å². The average Bonchev–Trinajstić information content (AvgIpc) is 3.44. The molecule has 0 saturated carbocycles. The van der Waals surface area contributed by atoms with Gasteiger partial charge in [0.25, 0.3) is 0 Å². The number of carbonyl (C=O) groups is 3. The lowest BCUT2D eigenvalue weighted by molar-refractivity contribution is -0.167. The highest BCUT2D eigenvalue weighted by molar-refractivity contribution is 5.71. The summed E-state index contributed by atoms with van der Waals surface area (Å²) in [5, 5.41) is 0. The van der Waals surface area contributed by atoms with Gasteiger partial charge in [-0.2, -0.15) is 0 Å². The highest BCUT2D eigenvalue weighted by Crippen LogP contribution is 2.14. The highest BCUT2D eigenvalue weighted by Gasteiger charge is 2.19. The minimum absolute atomic E-state index is 0.0981. The van der Waals surface area contributed by atoms with E-state index in [1.54, 1.807) is 0 Å². The maximum absolute atomic E-state index is 12.8. The molecule has 0 spiro atoms. The van der Waals surface area contributed by atoms with Crippen molar-refractivity contribution in [2.75, 3.05) is 13.2 Å². The van der Waals surface area contributed by atoms with Crippen LogP contribution in [0, 0.1) is 0 Å². The van der Waals surface area contributed by atoms with Gasteiger partial charge < -0.3 is 14.2 Å². The van der Waals surface area contributed by atoms with Gasteiger partial charge in [0.05, 0.1) is 0 Å². The van der Waals surface area contributed by atoms with Gasteiger partial charge in [0.1, 0.15) is 13.2 Å². The summed E-state index contributed by atoms with van der Waals surface area (Å²) in [5.41, 5.74) is 0. The van der Waals surface area contributed by atoms with Crippen LogP contribution < -0.4 is 0 Å². The number of unbranched alkanes of at least 4 members (excludes halogenated alkanes) is 18. The Bertz CT molecular complexity index is 1760. The Morgan fingerprint density at radius 1 is 0.269 bits per heavy atom. The van der Waals surface area contributed by atoms with Crippen molar-refractivity contribution in [3.63, 3.8) is 0 Å². The van der Waals surface area contributed by atoms with Crippen molar-refractivity contribution in [1.29, 1.82) is 0 Å². The summed E-state index contributed by atoms with van der Waals surface area (Å²) in [4.78, 5) is 38.1. The van der Waals surface area contributed by atoms with E-state index in [4.69, 9.17) is 14.2 Å². The largest absolute Gasteiger partial charge is 0.462 e. The average molecular weight is 1080 g/mol. The predicted octanol–water partition coefficient (Wildman–Crippen LogP) is 21.7. The van der Waals surface area contributed by atoms with Crippen LogP contribution in [0.1, 0.15) is 258 Å². The fourth-order valence-corrected chi connectivity index (χ4v) is 8.10. The van der Waals surface area contributed by atoms with Crippen molar-refractivity contribution in [3.8, 4) is 0 Å². The minimum atomic E-state index is -0.801. The first-order chi connectivity index (χ1) is 38.5. The van der Waals surface area contributed by atoms with E-state index in [1.165, 1.54) is 38.5 Å². The van der Waals surface area contributed by atoms with Gasteiger partial charge in [0.2, 0.25) is 0 Å². The maximum atomic E-state index is 12.8. The first-order valence-corrected chi connectivity index (χ1v) is 31.5. The maximum Gasteiger partial charge on any atom is 0.306 e. The number of hydrogen-bond donors (Lipinski definition) is 0. The van der Waals surface area contributed by atoms with Crippen LogP contribution in [0.15, 0.2) is 158 Å². The van der Waals surface area contributed by atoms with Crippen molar-refractivity contribution in [2.24, 2.45) is 0 Å². The summed E-state index contributed by atoms with van der Waals surface area (Å²) in [6.07, 6.45) is 94.0. The second-order valence-electron chi connectivity index (χ2n) is 20.2. The molecule has 0 saturated heterocycles. The summed E-state index contributed by atoms with van der Waals surface area (Å²) in [6, 6.07) is 0. The van der Waals surface area contributed by atoms with Gasteiger partial charge in [-0.1, -0.05) is 256 Å². The molecule has 0 aromatic heterocycles. The van der Waals surface area contributed by atoms with E-state index < -0.39 is 6.10 Å². The third-order valence-electron chi connectivity index (χ3n) is 12.7. The Balaban J connectivity index is 4.24. The van der Waals surface area contributed by atoms with E-state index >= 15 is 0 Å². The number of rotatable bonds is 55. The van der Waals surface area contributed by atoms with Crippen LogP contribution in [-0.4, -0.2) is 37.2 Å². The zero-order valence-corrected chi connectivity index (χ0v) is 50.1. The van der Waals surface area contributed by atoms with Crippen molar-refractivity contribution in [3.05, 3.63) is 158 Å². The number of ether oxygens (including phenoxy) is 3. The van der Waals surface area contributed by atoms with E-state index in [1.807, 2.05) is 0 Å². The summed E-state index contributed by atoms with van der Waals surface area (Å²) >= 11 is 0. The Hall–Kier alpha value is -4.97. The van der Waals surface area contributed by atoms with Gasteiger partial charge in [-0.15, -0.1) is 0 Å². The topological polar surface area (TPSA) is 78.9 Å². The molecule has 438 valence electrons. The fourth-order valence-electron chi connectivity index (χ4n) is 8.10. The number of esters is 3. The third-order valence-corrected chi connectivity index (χ3v) is 12.7. The molecule has 6 nitrogen and oxygen atoms in total. The summed E-state index contributed by atoms with van der Waals surface area (Å²) in [6.45, 7) is 6.31. The van der Waals surface area contributed by atoms with Crippen molar-refractivity contribution in [1.82, 2.24) is 0 Å². The molecule has 0 bridgehead atoms. The molecule has 6 heteroatoms. The molecule has 0 N–H and O–H groups in total. The van der Waals surface area contributed by atoms with Crippen LogP contribution in [0.3, 0.4) is 0 Å². The predicted molar refractivity (Wildman–Crippen MR) is 338 cm³/mol. The van der Waals surface area contributed by atoms with Crippen LogP contribution in [0.4, 0.5) is 0 Å². The highest BCUT2D eigenvalue weighted by atomic mass is 16.6. The number of hydrogen-bond acceptors (Lipinski definition) is 6. The van der Waals surface area contributed by atoms with Crippen molar-refractivity contribution in [2.45, 2.75) is 264 Å². The SMILES string of the molecule is CC/C=C\C/C=C\C/C=C\C/C=C\C/C=C\C/C=C\C/C=C\C/C=C\C/C=C\CCCCCCCCCC(=O)OCC(COC(=O)CCCCCCC/C=C\CCC)OC(=O)CCCCCCC/C=C\C/C=C\C/C=C\CC. The normalized spacial score (nSPS) is 13.2. The van der Waals surface area contributed by atoms with Crippen LogP contribution in [0.2, 0.25) is 0 Å². The summed E-state index contributed by atoms with van der Waals surface area (Å²) in [5.74, 6) is -0.942. The van der Waals surface area contributed by atoms with Gasteiger partial charge in [-0.25, -0.2) is 0 Å². The molecule has 0 rings (SSSR count). The third kappa shape index (κ3) is 61.9. The van der Waals surface area contributed by atoms with E-state index in [-0.39, 0.29) is 31.1 Å². The lowest BCUT2D eigenvalue weighted by Gasteiger charge is -2.18. The second-order valence-corrected chi connectivity index (χ2v) is 20.2. The molecular weight excluding hydrogens is 961 g/mol. The Labute approximate surface area is 480 Å². The molecule has 0 radical (unpaired) electrons. The molecule has 0 aromatic carbocycles. The zero-order valence-electron chi connectivity index (χ0n) is 50.1. The van der Waals surface area contributed by atoms with Gasteiger partial charge in [-0.3, -0.25) is 14.4 Å². The number of carbonyl (C=O) groups excluding carboxylic acids is 3. The van der Waals surface area contributed by atoms with E-state index in [9.17, 15) is 14.4 Å². The lowest BCUT2D eigenvalue weighted by Crippen LogP contribution is -2.30. The van der Waals surface area contributed by atoms with Crippen LogP contribution >= 0.6 is 0 Å². The monoisotopic (exact) mass is 1070 g/mol. The Morgan fingerprint density at radius 3 is 0.795 bits per heavy atom. The zero-order chi connectivity index (χ0) is 56.4. The molecule has 0 aliphatic rings. The molecule has 0 aliphatic carbocycles. The van der Waals surface area contributed by atoms with Crippen LogP contribution in [-0.2, 0) is 28.6 Å². The van der Waals surface area contributed by atoms with Crippen molar-refractivity contribution >= 4 is 17.9 Å². The van der Waals surface area contributed by atoms with E-state index in [0.717, 1.165) is 180 Å². The summed E-state index contributed by atoms with van der Waals surface area (Å²) in [7, 11) is 0. The van der Waals surface area contributed by atoms with Gasteiger partial charge in [0.15, 0.2) is 6.10 Å². The molecule has 0 aliphatic heterocycles.